The average molecular weight is 501 g/mol. The number of aryl methyl sites for hydroxylation is 1. The van der Waals surface area contributed by atoms with Gasteiger partial charge in [0.1, 0.15) is 23.0 Å². The van der Waals surface area contributed by atoms with Crippen LogP contribution in [0.3, 0.4) is 0 Å². The summed E-state index contributed by atoms with van der Waals surface area (Å²) in [6, 6.07) is 21.1. The summed E-state index contributed by atoms with van der Waals surface area (Å²) >= 11 is 0. The fraction of sp³-hybridized carbons (Fsp3) is 0.267. The lowest BCUT2D eigenvalue weighted by Gasteiger charge is -2.26. The van der Waals surface area contributed by atoms with E-state index in [1.807, 2.05) is 80.5 Å². The molecule has 0 bridgehead atoms. The number of carbonyl (C=O) groups is 2. The number of para-hydroxylation sites is 1. The minimum absolute atomic E-state index is 0.0660. The van der Waals surface area contributed by atoms with Gasteiger partial charge in [0.05, 0.1) is 18.7 Å². The molecule has 0 aliphatic carbocycles. The van der Waals surface area contributed by atoms with Crippen LogP contribution in [-0.4, -0.2) is 60.9 Å². The molecular formula is C30H32N2O5. The number of hydrogen-bond donors (Lipinski definition) is 1. The van der Waals surface area contributed by atoms with Crippen LogP contribution in [0.25, 0.3) is 5.76 Å². The van der Waals surface area contributed by atoms with Crippen molar-refractivity contribution in [2.45, 2.75) is 19.4 Å². The first-order valence-corrected chi connectivity index (χ1v) is 12.2. The largest absolute Gasteiger partial charge is 0.507 e. The molecule has 1 saturated heterocycles. The zero-order chi connectivity index (χ0) is 26.5. The fourth-order valence-corrected chi connectivity index (χ4v) is 4.57. The minimum Gasteiger partial charge on any atom is -0.507 e. The van der Waals surface area contributed by atoms with E-state index < -0.39 is 17.7 Å². The highest BCUT2D eigenvalue weighted by Crippen LogP contribution is 2.41. The van der Waals surface area contributed by atoms with Crippen molar-refractivity contribution in [1.29, 1.82) is 0 Å². The number of ketones is 1. The van der Waals surface area contributed by atoms with Crippen LogP contribution in [0, 0.1) is 6.92 Å². The smallest absolute Gasteiger partial charge is 0.295 e. The van der Waals surface area contributed by atoms with Crippen molar-refractivity contribution in [3.05, 3.63) is 95.1 Å². The molecule has 1 fully saturated rings. The number of aliphatic hydroxyl groups is 1. The summed E-state index contributed by atoms with van der Waals surface area (Å²) < 4.78 is 11.3. The van der Waals surface area contributed by atoms with Crippen LogP contribution in [0.4, 0.5) is 0 Å². The SMILES string of the molecule is COc1ccc(/C(O)=C2\C(=O)C(=O)N(CCCN(C)C)[C@H]2c2cccc(Oc3ccccc3)c2)cc1C. The Labute approximate surface area is 217 Å². The molecule has 1 aliphatic rings. The monoisotopic (exact) mass is 500 g/mol. The number of likely N-dealkylation sites (tertiary alicyclic amines) is 1. The van der Waals surface area contributed by atoms with Crippen molar-refractivity contribution in [2.24, 2.45) is 0 Å². The lowest BCUT2D eigenvalue weighted by molar-refractivity contribution is -0.139. The molecule has 0 unspecified atom stereocenters. The zero-order valence-corrected chi connectivity index (χ0v) is 21.6. The summed E-state index contributed by atoms with van der Waals surface area (Å²) in [5.74, 6) is 0.387. The summed E-state index contributed by atoms with van der Waals surface area (Å²) in [6.45, 7) is 2.98. The Hall–Kier alpha value is -4.10. The van der Waals surface area contributed by atoms with E-state index >= 15 is 0 Å². The molecule has 1 amide bonds. The van der Waals surface area contributed by atoms with Gasteiger partial charge in [-0.15, -0.1) is 0 Å². The van der Waals surface area contributed by atoms with Gasteiger partial charge in [0.15, 0.2) is 0 Å². The quantitative estimate of drug-likeness (QED) is 0.248. The van der Waals surface area contributed by atoms with Crippen molar-refractivity contribution in [3.63, 3.8) is 0 Å². The Balaban J connectivity index is 1.79. The number of carbonyl (C=O) groups excluding carboxylic acids is 2. The molecule has 7 nitrogen and oxygen atoms in total. The Morgan fingerprint density at radius 2 is 1.70 bits per heavy atom. The maximum atomic E-state index is 13.3. The van der Waals surface area contributed by atoms with E-state index in [4.69, 9.17) is 9.47 Å². The summed E-state index contributed by atoms with van der Waals surface area (Å²) in [4.78, 5) is 30.1. The Bertz CT molecular complexity index is 1320. The molecule has 0 spiro atoms. The van der Waals surface area contributed by atoms with Crippen molar-refractivity contribution in [3.8, 4) is 17.2 Å². The molecule has 3 aromatic carbocycles. The van der Waals surface area contributed by atoms with E-state index in [0.717, 1.165) is 12.1 Å². The molecule has 3 aromatic rings. The minimum atomic E-state index is -0.746. The number of hydrogen-bond acceptors (Lipinski definition) is 6. The standard InChI is InChI=1S/C30H32N2O5/c1-20-18-22(14-15-25(20)36-4)28(33)26-27(32(30(35)29(26)34)17-9-16-31(2)3)21-10-8-13-24(19-21)37-23-11-6-5-7-12-23/h5-8,10-15,18-19,27,33H,9,16-17H2,1-4H3/b28-26+/t27-/m0/s1. The van der Waals surface area contributed by atoms with Crippen LogP contribution in [0.5, 0.6) is 17.2 Å². The summed E-state index contributed by atoms with van der Waals surface area (Å²) in [5.41, 5.74) is 2.01. The maximum absolute atomic E-state index is 13.3. The first-order chi connectivity index (χ1) is 17.8. The van der Waals surface area contributed by atoms with Gasteiger partial charge in [-0.05, 0) is 87.6 Å². The summed E-state index contributed by atoms with van der Waals surface area (Å²) in [6.07, 6.45) is 0.679. The fourth-order valence-electron chi connectivity index (χ4n) is 4.57. The second-order valence-electron chi connectivity index (χ2n) is 9.32. The third-order valence-corrected chi connectivity index (χ3v) is 6.37. The van der Waals surface area contributed by atoms with E-state index in [1.54, 1.807) is 30.2 Å². The number of methoxy groups -OCH3 is 1. The average Bonchev–Trinajstić information content (AvgIpc) is 3.14. The van der Waals surface area contributed by atoms with Gasteiger partial charge in [-0.1, -0.05) is 30.3 Å². The molecule has 0 aromatic heterocycles. The van der Waals surface area contributed by atoms with Crippen LogP contribution in [0.2, 0.25) is 0 Å². The van der Waals surface area contributed by atoms with Crippen molar-refractivity contribution in [2.75, 3.05) is 34.3 Å². The molecule has 0 saturated carbocycles. The number of ether oxygens (including phenoxy) is 2. The predicted molar refractivity (Wildman–Crippen MR) is 143 cm³/mol. The molecule has 37 heavy (non-hydrogen) atoms. The molecule has 0 radical (unpaired) electrons. The Morgan fingerprint density at radius 1 is 0.973 bits per heavy atom. The first kappa shape index (κ1) is 26.0. The number of amides is 1. The van der Waals surface area contributed by atoms with Gasteiger partial charge in [0.25, 0.3) is 11.7 Å². The molecule has 1 heterocycles. The normalized spacial score (nSPS) is 16.9. The lowest BCUT2D eigenvalue weighted by Crippen LogP contribution is -2.32. The van der Waals surface area contributed by atoms with Crippen LogP contribution in [-0.2, 0) is 9.59 Å². The Kier molecular flexibility index (Phi) is 7.94. The van der Waals surface area contributed by atoms with E-state index in [9.17, 15) is 14.7 Å². The molecule has 7 heteroatoms. The molecule has 1 atom stereocenters. The molecule has 4 rings (SSSR count). The summed E-state index contributed by atoms with van der Waals surface area (Å²) in [5, 5.41) is 11.4. The predicted octanol–water partition coefficient (Wildman–Crippen LogP) is 5.17. The van der Waals surface area contributed by atoms with E-state index in [0.29, 0.717) is 41.3 Å². The van der Waals surface area contributed by atoms with Gasteiger partial charge < -0.3 is 24.4 Å². The van der Waals surface area contributed by atoms with Crippen LogP contribution < -0.4 is 9.47 Å². The molecule has 1 N–H and O–H groups in total. The van der Waals surface area contributed by atoms with Crippen molar-refractivity contribution < 1.29 is 24.2 Å². The van der Waals surface area contributed by atoms with Gasteiger partial charge in [0, 0.05) is 12.1 Å². The van der Waals surface area contributed by atoms with Crippen molar-refractivity contribution >= 4 is 17.4 Å². The number of benzene rings is 3. The van der Waals surface area contributed by atoms with Gasteiger partial charge >= 0.3 is 0 Å². The summed E-state index contributed by atoms with van der Waals surface area (Å²) in [7, 11) is 5.50. The number of aliphatic hydroxyl groups excluding tert-OH is 1. The van der Waals surface area contributed by atoms with E-state index in [2.05, 4.69) is 0 Å². The van der Waals surface area contributed by atoms with Gasteiger partial charge in [0.2, 0.25) is 0 Å². The number of rotatable bonds is 9. The maximum Gasteiger partial charge on any atom is 0.295 e. The van der Waals surface area contributed by atoms with Crippen LogP contribution >= 0.6 is 0 Å². The highest BCUT2D eigenvalue weighted by Gasteiger charge is 2.46. The van der Waals surface area contributed by atoms with Crippen LogP contribution in [0.1, 0.15) is 29.2 Å². The zero-order valence-electron chi connectivity index (χ0n) is 21.6. The first-order valence-electron chi connectivity index (χ1n) is 12.2. The highest BCUT2D eigenvalue weighted by molar-refractivity contribution is 6.46. The topological polar surface area (TPSA) is 79.3 Å². The van der Waals surface area contributed by atoms with Gasteiger partial charge in [-0.3, -0.25) is 9.59 Å². The Morgan fingerprint density at radius 3 is 2.38 bits per heavy atom. The third kappa shape index (κ3) is 5.67. The number of nitrogens with zero attached hydrogens (tertiary/aromatic N) is 2. The third-order valence-electron chi connectivity index (χ3n) is 6.37. The van der Waals surface area contributed by atoms with Crippen LogP contribution in [0.15, 0.2) is 78.4 Å². The molecule has 1 aliphatic heterocycles. The highest BCUT2D eigenvalue weighted by atomic mass is 16.5. The van der Waals surface area contributed by atoms with E-state index in [1.165, 1.54) is 0 Å². The van der Waals surface area contributed by atoms with Crippen molar-refractivity contribution in [1.82, 2.24) is 9.80 Å². The second kappa shape index (κ2) is 11.3. The van der Waals surface area contributed by atoms with Gasteiger partial charge in [-0.25, -0.2) is 0 Å². The second-order valence-corrected chi connectivity index (χ2v) is 9.32. The lowest BCUT2D eigenvalue weighted by atomic mass is 9.94. The van der Waals surface area contributed by atoms with Gasteiger partial charge in [-0.2, -0.15) is 0 Å². The van der Waals surface area contributed by atoms with E-state index in [-0.39, 0.29) is 11.3 Å². The number of Topliss-reactive ketones (excluding diaryl/α,β-unsaturated/α-hetero) is 1. The molecule has 192 valence electrons. The molecular weight excluding hydrogens is 468 g/mol.